The van der Waals surface area contributed by atoms with Crippen LogP contribution >= 0.6 is 0 Å². The number of hydrogen-bond acceptors (Lipinski definition) is 5. The van der Waals surface area contributed by atoms with Gasteiger partial charge in [0.2, 0.25) is 0 Å². The van der Waals surface area contributed by atoms with Crippen LogP contribution in [0.1, 0.15) is 24.2 Å². The maximum Gasteiger partial charge on any atom is 0.255 e. The summed E-state index contributed by atoms with van der Waals surface area (Å²) in [4.78, 5) is 21.1. The lowest BCUT2D eigenvalue weighted by atomic mass is 10.2. The van der Waals surface area contributed by atoms with E-state index >= 15 is 0 Å². The van der Waals surface area contributed by atoms with E-state index in [-0.39, 0.29) is 5.91 Å². The van der Waals surface area contributed by atoms with E-state index in [2.05, 4.69) is 39.3 Å². The van der Waals surface area contributed by atoms with E-state index in [1.54, 1.807) is 18.3 Å². The zero-order valence-electron chi connectivity index (χ0n) is 16.1. The van der Waals surface area contributed by atoms with Gasteiger partial charge in [0.25, 0.3) is 5.91 Å². The summed E-state index contributed by atoms with van der Waals surface area (Å²) < 4.78 is 0. The highest BCUT2D eigenvalue weighted by Gasteiger charge is 2.08. The van der Waals surface area contributed by atoms with Gasteiger partial charge in [-0.25, -0.2) is 4.98 Å². The molecule has 1 aromatic heterocycles. The average molecular weight is 355 g/mol. The summed E-state index contributed by atoms with van der Waals surface area (Å²) in [5.74, 6) is 0.565. The summed E-state index contributed by atoms with van der Waals surface area (Å²) in [5, 5.41) is 6.17. The number of carbonyl (C=O) groups excluding carboxylic acids is 1. The van der Waals surface area contributed by atoms with Gasteiger partial charge in [-0.05, 0) is 64.3 Å². The van der Waals surface area contributed by atoms with Crippen LogP contribution in [0.2, 0.25) is 0 Å². The first-order valence-corrected chi connectivity index (χ1v) is 9.04. The average Bonchev–Trinajstić information content (AvgIpc) is 2.64. The molecule has 2 rings (SSSR count). The molecule has 26 heavy (non-hydrogen) atoms. The van der Waals surface area contributed by atoms with Gasteiger partial charge in [0, 0.05) is 49.3 Å². The number of nitrogens with zero attached hydrogens (tertiary/aromatic N) is 3. The highest BCUT2D eigenvalue weighted by molar-refractivity contribution is 6.04. The van der Waals surface area contributed by atoms with Crippen LogP contribution in [0.3, 0.4) is 0 Å². The van der Waals surface area contributed by atoms with Crippen molar-refractivity contribution in [3.63, 3.8) is 0 Å². The van der Waals surface area contributed by atoms with Crippen molar-refractivity contribution in [1.29, 1.82) is 0 Å². The van der Waals surface area contributed by atoms with Crippen LogP contribution in [-0.2, 0) is 0 Å². The number of likely N-dealkylation sites (N-methyl/N-ethyl adjacent to an activating group) is 1. The molecular weight excluding hydrogens is 326 g/mol. The van der Waals surface area contributed by atoms with Crippen LogP contribution in [0, 0.1) is 0 Å². The molecule has 0 aliphatic carbocycles. The summed E-state index contributed by atoms with van der Waals surface area (Å²) in [6, 6.07) is 11.4. The predicted molar refractivity (Wildman–Crippen MR) is 109 cm³/mol. The summed E-state index contributed by atoms with van der Waals surface area (Å²) in [6.07, 6.45) is 1.65. The van der Waals surface area contributed by atoms with Gasteiger partial charge in [0.1, 0.15) is 5.82 Å². The van der Waals surface area contributed by atoms with Crippen molar-refractivity contribution in [3.05, 3.63) is 48.2 Å². The Kier molecular flexibility index (Phi) is 7.41. The molecule has 0 radical (unpaired) electrons. The highest BCUT2D eigenvalue weighted by atomic mass is 16.1. The largest absolute Gasteiger partial charge is 0.372 e. The maximum absolute atomic E-state index is 12.5. The number of benzene rings is 1. The third-order valence-corrected chi connectivity index (χ3v) is 4.14. The Labute approximate surface area is 156 Å². The molecule has 0 unspecified atom stereocenters. The van der Waals surface area contributed by atoms with Crippen LogP contribution in [0.25, 0.3) is 0 Å². The van der Waals surface area contributed by atoms with Gasteiger partial charge in [0.05, 0.1) is 0 Å². The second-order valence-corrected chi connectivity index (χ2v) is 6.33. The number of anilines is 3. The Balaban J connectivity index is 1.99. The van der Waals surface area contributed by atoms with Crippen molar-refractivity contribution in [2.45, 2.75) is 13.8 Å². The third-order valence-electron chi connectivity index (χ3n) is 4.14. The Bertz CT molecular complexity index is 696. The lowest BCUT2D eigenvalue weighted by Gasteiger charge is -2.21. The molecule has 1 heterocycles. The zero-order valence-corrected chi connectivity index (χ0v) is 16.1. The van der Waals surface area contributed by atoms with Gasteiger partial charge >= 0.3 is 0 Å². The van der Waals surface area contributed by atoms with Gasteiger partial charge < -0.3 is 20.4 Å². The van der Waals surface area contributed by atoms with Gasteiger partial charge in [0.15, 0.2) is 0 Å². The van der Waals surface area contributed by atoms with Crippen molar-refractivity contribution >= 4 is 23.1 Å². The first-order chi connectivity index (χ1) is 12.5. The number of aromatic nitrogens is 1. The van der Waals surface area contributed by atoms with Gasteiger partial charge in [-0.3, -0.25) is 4.79 Å². The van der Waals surface area contributed by atoms with Crippen LogP contribution in [0.5, 0.6) is 0 Å². The summed E-state index contributed by atoms with van der Waals surface area (Å²) in [7, 11) is 4.04. The fourth-order valence-electron chi connectivity index (χ4n) is 2.62. The van der Waals surface area contributed by atoms with Crippen molar-refractivity contribution in [1.82, 2.24) is 9.88 Å². The van der Waals surface area contributed by atoms with Gasteiger partial charge in [-0.15, -0.1) is 0 Å². The fourth-order valence-corrected chi connectivity index (χ4v) is 2.62. The van der Waals surface area contributed by atoms with Crippen molar-refractivity contribution in [2.24, 2.45) is 0 Å². The highest BCUT2D eigenvalue weighted by Crippen LogP contribution is 2.18. The molecule has 140 valence electrons. The van der Waals surface area contributed by atoms with E-state index in [0.29, 0.717) is 11.4 Å². The molecule has 0 fully saturated rings. The summed E-state index contributed by atoms with van der Waals surface area (Å²) >= 11 is 0. The van der Waals surface area contributed by atoms with Crippen LogP contribution < -0.4 is 15.5 Å². The van der Waals surface area contributed by atoms with Crippen LogP contribution in [0.15, 0.2) is 42.6 Å². The molecule has 1 amide bonds. The summed E-state index contributed by atoms with van der Waals surface area (Å²) in [6.45, 7) is 7.86. The van der Waals surface area contributed by atoms with Crippen molar-refractivity contribution in [3.8, 4) is 0 Å². The molecule has 6 nitrogen and oxygen atoms in total. The van der Waals surface area contributed by atoms with E-state index in [4.69, 9.17) is 0 Å². The van der Waals surface area contributed by atoms with E-state index in [1.807, 2.05) is 38.4 Å². The van der Waals surface area contributed by atoms with Crippen LogP contribution in [0.4, 0.5) is 17.2 Å². The number of carbonyl (C=O) groups is 1. The van der Waals surface area contributed by atoms with E-state index in [9.17, 15) is 4.79 Å². The van der Waals surface area contributed by atoms with E-state index in [0.717, 1.165) is 37.6 Å². The standard InChI is InChI=1S/C20H29N5O/c1-5-25(6-2)18-9-7-17(8-10-18)23-20(26)16-11-12-21-19(15-16)22-13-14-24(3)4/h7-12,15H,5-6,13-14H2,1-4H3,(H,21,22)(H,23,26). The Morgan fingerprint density at radius 1 is 1.08 bits per heavy atom. The molecule has 0 saturated carbocycles. The van der Waals surface area contributed by atoms with Crippen LogP contribution in [-0.4, -0.2) is 56.1 Å². The van der Waals surface area contributed by atoms with Gasteiger partial charge in [-0.1, -0.05) is 0 Å². The molecule has 1 aromatic carbocycles. The number of amides is 1. The molecule has 6 heteroatoms. The molecule has 0 aliphatic heterocycles. The van der Waals surface area contributed by atoms with Crippen molar-refractivity contribution in [2.75, 3.05) is 55.8 Å². The Hall–Kier alpha value is -2.60. The number of rotatable bonds is 9. The fraction of sp³-hybridized carbons (Fsp3) is 0.400. The second kappa shape index (κ2) is 9.77. The second-order valence-electron chi connectivity index (χ2n) is 6.33. The first-order valence-electron chi connectivity index (χ1n) is 9.04. The molecule has 0 atom stereocenters. The van der Waals surface area contributed by atoms with Gasteiger partial charge in [-0.2, -0.15) is 0 Å². The zero-order chi connectivity index (χ0) is 18.9. The lowest BCUT2D eigenvalue weighted by Crippen LogP contribution is -2.21. The SMILES string of the molecule is CCN(CC)c1ccc(NC(=O)c2ccnc(NCCN(C)C)c2)cc1. The third kappa shape index (κ3) is 5.74. The minimum Gasteiger partial charge on any atom is -0.372 e. The number of nitrogens with one attached hydrogen (secondary N) is 2. The normalized spacial score (nSPS) is 10.7. The molecular formula is C20H29N5O. The predicted octanol–water partition coefficient (Wildman–Crippen LogP) is 3.15. The summed E-state index contributed by atoms with van der Waals surface area (Å²) in [5.41, 5.74) is 2.52. The lowest BCUT2D eigenvalue weighted by molar-refractivity contribution is 0.102. The van der Waals surface area contributed by atoms with E-state index in [1.165, 1.54) is 0 Å². The molecule has 0 spiro atoms. The van der Waals surface area contributed by atoms with E-state index < -0.39 is 0 Å². The molecule has 0 bridgehead atoms. The topological polar surface area (TPSA) is 60.5 Å². The molecule has 0 aliphatic rings. The molecule has 2 N–H and O–H groups in total. The quantitative estimate of drug-likeness (QED) is 0.724. The first kappa shape index (κ1) is 19.7. The smallest absolute Gasteiger partial charge is 0.255 e. The number of pyridine rings is 1. The van der Waals surface area contributed by atoms with Crippen molar-refractivity contribution < 1.29 is 4.79 Å². The molecule has 2 aromatic rings. The Morgan fingerprint density at radius 2 is 1.77 bits per heavy atom. The maximum atomic E-state index is 12.5. The monoisotopic (exact) mass is 355 g/mol. The number of hydrogen-bond donors (Lipinski definition) is 2. The Morgan fingerprint density at radius 3 is 2.38 bits per heavy atom. The minimum atomic E-state index is -0.140. The minimum absolute atomic E-state index is 0.140. The molecule has 0 saturated heterocycles.